The maximum absolute atomic E-state index is 12.6. The molecule has 1 rings (SSSR count). The van der Waals surface area contributed by atoms with E-state index in [9.17, 15) is 30.0 Å². The van der Waals surface area contributed by atoms with E-state index < -0.39 is 55.4 Å². The van der Waals surface area contributed by atoms with Crippen LogP contribution < -0.4 is 0 Å². The summed E-state index contributed by atoms with van der Waals surface area (Å²) in [6.07, 6.45) is 32.4. The Labute approximate surface area is 334 Å². The van der Waals surface area contributed by atoms with Crippen molar-refractivity contribution in [2.45, 2.75) is 230 Å². The van der Waals surface area contributed by atoms with Crippen LogP contribution >= 0.6 is 0 Å². The van der Waals surface area contributed by atoms with Crippen LogP contribution in [0.15, 0.2) is 24.3 Å². The Morgan fingerprint density at radius 2 is 1.07 bits per heavy atom. The van der Waals surface area contributed by atoms with Gasteiger partial charge in [0.05, 0.1) is 13.2 Å². The van der Waals surface area contributed by atoms with E-state index in [-0.39, 0.29) is 19.6 Å². The van der Waals surface area contributed by atoms with Gasteiger partial charge in [-0.2, -0.15) is 0 Å². The van der Waals surface area contributed by atoms with Crippen molar-refractivity contribution >= 4 is 11.9 Å². The summed E-state index contributed by atoms with van der Waals surface area (Å²) in [6, 6.07) is 0. The van der Waals surface area contributed by atoms with Gasteiger partial charge in [0, 0.05) is 12.5 Å². The monoisotopic (exact) mass is 783 g/mol. The van der Waals surface area contributed by atoms with Crippen molar-refractivity contribution in [3.8, 4) is 0 Å². The highest BCUT2D eigenvalue weighted by Gasteiger charge is 2.44. The van der Waals surface area contributed by atoms with Crippen LogP contribution in [-0.4, -0.2) is 89.0 Å². The molecule has 0 aromatic carbocycles. The van der Waals surface area contributed by atoms with Crippen LogP contribution in [0.1, 0.15) is 194 Å². The molecule has 1 aliphatic rings. The fourth-order valence-corrected chi connectivity index (χ4v) is 6.86. The van der Waals surface area contributed by atoms with E-state index in [0.29, 0.717) is 0 Å². The van der Waals surface area contributed by atoms with Crippen LogP contribution in [-0.2, 0) is 28.5 Å². The lowest BCUT2D eigenvalue weighted by atomic mass is 9.99. The van der Waals surface area contributed by atoms with Gasteiger partial charge in [0.15, 0.2) is 12.4 Å². The molecule has 1 saturated heterocycles. The number of hydrogen-bond acceptors (Lipinski definition) is 10. The van der Waals surface area contributed by atoms with Crippen LogP contribution in [0.4, 0.5) is 0 Å². The second kappa shape index (κ2) is 36.5. The Bertz CT molecular complexity index is 954. The SMILES string of the molecule is CCCCCCCCCCCCC/C=C/C=C/C(=O)O[C@@H](COC(=O)CCCCCCCCCCCCCCCCC)CO[C@H]1O[C@@H](CO)[C@@H](O)C(O)C1O. The van der Waals surface area contributed by atoms with E-state index in [1.807, 2.05) is 12.2 Å². The highest BCUT2D eigenvalue weighted by Crippen LogP contribution is 2.22. The van der Waals surface area contributed by atoms with E-state index in [0.717, 1.165) is 32.1 Å². The molecule has 0 radical (unpaired) electrons. The summed E-state index contributed by atoms with van der Waals surface area (Å²) in [5, 5.41) is 40.0. The van der Waals surface area contributed by atoms with Gasteiger partial charge >= 0.3 is 11.9 Å². The first-order chi connectivity index (χ1) is 26.8. The topological polar surface area (TPSA) is 152 Å². The zero-order valence-electron chi connectivity index (χ0n) is 34.9. The number of rotatable bonds is 37. The molecular weight excluding hydrogens is 700 g/mol. The average molecular weight is 783 g/mol. The number of aliphatic hydroxyl groups is 4. The molecule has 0 saturated carbocycles. The third kappa shape index (κ3) is 28.3. The number of unbranched alkanes of at least 4 members (excludes halogenated alkanes) is 25. The first-order valence-corrected chi connectivity index (χ1v) is 22.5. The quantitative estimate of drug-likeness (QED) is 0.0208. The highest BCUT2D eigenvalue weighted by atomic mass is 16.7. The van der Waals surface area contributed by atoms with Gasteiger partial charge in [0.1, 0.15) is 31.0 Å². The first kappa shape index (κ1) is 51.2. The number of aliphatic hydroxyl groups excluding tert-OH is 4. The van der Waals surface area contributed by atoms with Crippen molar-refractivity contribution in [1.29, 1.82) is 0 Å². The molecule has 55 heavy (non-hydrogen) atoms. The summed E-state index contributed by atoms with van der Waals surface area (Å²) in [5.74, 6) is -1.05. The van der Waals surface area contributed by atoms with Crippen molar-refractivity contribution in [3.05, 3.63) is 24.3 Å². The van der Waals surface area contributed by atoms with Crippen molar-refractivity contribution in [3.63, 3.8) is 0 Å². The Hall–Kier alpha value is -1.82. The predicted molar refractivity (Wildman–Crippen MR) is 219 cm³/mol. The van der Waals surface area contributed by atoms with Crippen LogP contribution in [0.5, 0.6) is 0 Å². The van der Waals surface area contributed by atoms with Crippen molar-refractivity contribution in [2.75, 3.05) is 19.8 Å². The first-order valence-electron chi connectivity index (χ1n) is 22.5. The standard InChI is InChI=1S/C45H82O10/c1-3-5-7-9-11-13-15-17-19-21-23-25-27-29-31-33-40(47)52-36-38(37-53-45-44(51)43(50)42(49)39(35-46)55-45)54-41(48)34-32-30-28-26-24-22-20-18-16-14-12-10-8-6-4-2/h28,30,32,34,38-39,42-46,49-51H,3-27,29,31,33,35-37H2,1-2H3/b30-28+,34-32+/t38-,39-,42+,43?,44?,45-/m0/s1. The van der Waals surface area contributed by atoms with Gasteiger partial charge in [-0.3, -0.25) is 4.79 Å². The summed E-state index contributed by atoms with van der Waals surface area (Å²) in [6.45, 7) is 3.32. The lowest BCUT2D eigenvalue weighted by Crippen LogP contribution is -2.59. The van der Waals surface area contributed by atoms with E-state index in [4.69, 9.17) is 18.9 Å². The van der Waals surface area contributed by atoms with Gasteiger partial charge < -0.3 is 39.4 Å². The number of carbonyl (C=O) groups excluding carboxylic acids is 2. The largest absolute Gasteiger partial charge is 0.462 e. The molecule has 0 aliphatic carbocycles. The molecule has 10 heteroatoms. The molecule has 2 unspecified atom stereocenters. The fourth-order valence-electron chi connectivity index (χ4n) is 6.86. The molecule has 1 fully saturated rings. The Balaban J connectivity index is 2.38. The maximum Gasteiger partial charge on any atom is 0.331 e. The van der Waals surface area contributed by atoms with E-state index >= 15 is 0 Å². The minimum Gasteiger partial charge on any atom is -0.462 e. The molecule has 1 aliphatic heterocycles. The molecule has 6 atom stereocenters. The number of ether oxygens (including phenoxy) is 4. The third-order valence-corrected chi connectivity index (χ3v) is 10.4. The number of esters is 2. The van der Waals surface area contributed by atoms with Gasteiger partial charge in [-0.25, -0.2) is 4.79 Å². The molecule has 4 N–H and O–H groups in total. The number of hydrogen-bond donors (Lipinski definition) is 4. The van der Waals surface area contributed by atoms with E-state index in [2.05, 4.69) is 13.8 Å². The van der Waals surface area contributed by atoms with Crippen molar-refractivity contribution < 1.29 is 49.0 Å². The van der Waals surface area contributed by atoms with Crippen molar-refractivity contribution in [2.24, 2.45) is 0 Å². The predicted octanol–water partition coefficient (Wildman–Crippen LogP) is 9.33. The minimum atomic E-state index is -1.61. The highest BCUT2D eigenvalue weighted by molar-refractivity contribution is 5.82. The Morgan fingerprint density at radius 3 is 1.56 bits per heavy atom. The van der Waals surface area contributed by atoms with Crippen LogP contribution in [0.2, 0.25) is 0 Å². The number of carbonyl (C=O) groups is 2. The van der Waals surface area contributed by atoms with E-state index in [1.165, 1.54) is 147 Å². The zero-order chi connectivity index (χ0) is 40.2. The van der Waals surface area contributed by atoms with E-state index in [1.54, 1.807) is 6.08 Å². The normalized spacial score (nSPS) is 20.7. The summed E-state index contributed by atoms with van der Waals surface area (Å²) < 4.78 is 22.0. The summed E-state index contributed by atoms with van der Waals surface area (Å²) in [5.41, 5.74) is 0. The molecule has 0 spiro atoms. The summed E-state index contributed by atoms with van der Waals surface area (Å²) >= 11 is 0. The van der Waals surface area contributed by atoms with Gasteiger partial charge in [0.25, 0.3) is 0 Å². The molecule has 1 heterocycles. The molecule has 322 valence electrons. The summed E-state index contributed by atoms with van der Waals surface area (Å²) in [4.78, 5) is 25.2. The summed E-state index contributed by atoms with van der Waals surface area (Å²) in [7, 11) is 0. The third-order valence-electron chi connectivity index (χ3n) is 10.4. The lowest BCUT2D eigenvalue weighted by molar-refractivity contribution is -0.305. The number of allylic oxidation sites excluding steroid dienone is 3. The molecule has 0 aromatic heterocycles. The van der Waals surface area contributed by atoms with Gasteiger partial charge in [-0.1, -0.05) is 186 Å². The lowest BCUT2D eigenvalue weighted by Gasteiger charge is -2.39. The Kier molecular flexibility index (Phi) is 34.0. The van der Waals surface area contributed by atoms with Crippen LogP contribution in [0.25, 0.3) is 0 Å². The second-order valence-corrected chi connectivity index (χ2v) is 15.6. The molecule has 10 nitrogen and oxygen atoms in total. The fraction of sp³-hybridized carbons (Fsp3) is 0.867. The Morgan fingerprint density at radius 1 is 0.600 bits per heavy atom. The van der Waals surface area contributed by atoms with Gasteiger partial charge in [-0.15, -0.1) is 0 Å². The zero-order valence-corrected chi connectivity index (χ0v) is 34.9. The van der Waals surface area contributed by atoms with Gasteiger partial charge in [-0.05, 0) is 19.3 Å². The smallest absolute Gasteiger partial charge is 0.331 e. The molecule has 0 amide bonds. The minimum absolute atomic E-state index is 0.260. The van der Waals surface area contributed by atoms with Crippen molar-refractivity contribution in [1.82, 2.24) is 0 Å². The second-order valence-electron chi connectivity index (χ2n) is 15.6. The molecular formula is C45H82O10. The van der Waals surface area contributed by atoms with Crippen LogP contribution in [0.3, 0.4) is 0 Å². The van der Waals surface area contributed by atoms with Crippen LogP contribution in [0, 0.1) is 0 Å². The maximum atomic E-state index is 12.6. The van der Waals surface area contributed by atoms with Gasteiger partial charge in [0.2, 0.25) is 0 Å². The molecule has 0 bridgehead atoms. The molecule has 0 aromatic rings. The average Bonchev–Trinajstić information content (AvgIpc) is 3.18.